The number of Topliss-reactive ketones (excluding diaryl/α,β-unsaturated/α-hetero) is 2. The van der Waals surface area contributed by atoms with Crippen molar-refractivity contribution in [3.05, 3.63) is 144 Å². The summed E-state index contributed by atoms with van der Waals surface area (Å²) in [6.45, 7) is 5.44. The number of benzene rings is 6. The van der Waals surface area contributed by atoms with Gasteiger partial charge in [0.1, 0.15) is 20.2 Å². The molecule has 0 aromatic heterocycles. The molecule has 0 spiro atoms. The fourth-order valence-corrected chi connectivity index (χ4v) is 7.85. The van der Waals surface area contributed by atoms with E-state index in [1.54, 1.807) is 50.2 Å². The maximum Gasteiger partial charge on any atom is 1.00 e. The number of carbonyl (C=O) groups is 8. The predicted octanol–water partition coefficient (Wildman–Crippen LogP) is -8.20. The maximum atomic E-state index is 13.4. The third kappa shape index (κ3) is 20.0. The van der Waals surface area contributed by atoms with Gasteiger partial charge in [0.2, 0.25) is 0 Å². The minimum Gasteiger partial charge on any atom is -0.744 e. The molecule has 0 saturated heterocycles. The summed E-state index contributed by atoms with van der Waals surface area (Å²) in [6, 6.07) is 23.6. The van der Waals surface area contributed by atoms with Gasteiger partial charge < -0.3 is 60.8 Å². The Bertz CT molecular complexity index is 3530. The Morgan fingerprint density at radius 2 is 0.695 bits per heavy atom. The summed E-state index contributed by atoms with van der Waals surface area (Å²) in [4.78, 5) is 100. The van der Waals surface area contributed by atoms with Crippen molar-refractivity contribution in [3.63, 3.8) is 0 Å². The number of nitrogens with zero attached hydrogens (tertiary/aromatic N) is 2. The molecule has 6 aromatic rings. The van der Waals surface area contributed by atoms with E-state index in [0.717, 1.165) is 74.5 Å². The van der Waals surface area contributed by atoms with Gasteiger partial charge in [-0.05, 0) is 145 Å². The van der Waals surface area contributed by atoms with Crippen LogP contribution in [0.3, 0.4) is 0 Å². The van der Waals surface area contributed by atoms with Crippen LogP contribution in [0.2, 0.25) is 0 Å². The Morgan fingerprint density at radius 3 is 0.976 bits per heavy atom. The SMILES string of the molecule is CC(=O)C(=NNc1ccc(NC(=O)Nc2ccc(S(=O)(=O)[O-])cc2)cc1C(=O)[O-])C(=O)Nc1ccc(-c2ccc(NC(=O)C(=NNc3ccc(NC(=O)Nc4ccc(S(=O)(=O)[O-])cc4)cc3C(=O)[O-])C(C)=O)c(C)c2)cc1C.[Na+].[Na+].[Na+].[Na+]. The van der Waals surface area contributed by atoms with Crippen LogP contribution in [0.5, 0.6) is 0 Å². The first-order valence-electron chi connectivity index (χ1n) is 22.2. The minimum atomic E-state index is -4.72. The van der Waals surface area contributed by atoms with Crippen LogP contribution in [-0.2, 0) is 39.4 Å². The molecule has 0 fully saturated rings. The summed E-state index contributed by atoms with van der Waals surface area (Å²) in [6.07, 6.45) is 0. The number of carboxylic acid groups (broad SMARTS) is 2. The summed E-state index contributed by atoms with van der Waals surface area (Å²) in [5, 5.41) is 46.5. The molecule has 0 radical (unpaired) electrons. The number of aromatic carboxylic acids is 2. The molecule has 6 amide bonds. The van der Waals surface area contributed by atoms with Crippen LogP contribution in [0.4, 0.5) is 55.1 Å². The van der Waals surface area contributed by atoms with Gasteiger partial charge >= 0.3 is 130 Å². The number of nitrogens with one attached hydrogen (secondary N) is 8. The van der Waals surface area contributed by atoms with Crippen LogP contribution in [0.15, 0.2) is 141 Å². The number of hydrazone groups is 2. The van der Waals surface area contributed by atoms with Gasteiger partial charge in [0.25, 0.3) is 11.8 Å². The van der Waals surface area contributed by atoms with E-state index >= 15 is 0 Å². The van der Waals surface area contributed by atoms with Crippen LogP contribution in [0.25, 0.3) is 11.1 Å². The zero-order valence-electron chi connectivity index (χ0n) is 44.8. The number of amides is 6. The third-order valence-corrected chi connectivity index (χ3v) is 12.5. The minimum absolute atomic E-state index is 0. The molecule has 6 aromatic carbocycles. The molecule has 402 valence electrons. The second-order valence-corrected chi connectivity index (χ2v) is 19.2. The van der Waals surface area contributed by atoms with E-state index in [1.165, 1.54) is 24.3 Å². The summed E-state index contributed by atoms with van der Waals surface area (Å²) >= 11 is 0. The number of aryl methyl sites for hydroxylation is 2. The second-order valence-electron chi connectivity index (χ2n) is 16.4. The van der Waals surface area contributed by atoms with E-state index in [4.69, 9.17) is 0 Å². The maximum absolute atomic E-state index is 13.4. The normalized spacial score (nSPS) is 11.0. The van der Waals surface area contributed by atoms with Crippen LogP contribution < -0.4 is 171 Å². The van der Waals surface area contributed by atoms with Crippen molar-refractivity contribution in [2.45, 2.75) is 37.5 Å². The Kier molecular flexibility index (Phi) is 27.6. The average Bonchev–Trinajstić information content (AvgIpc) is 3.35. The first-order chi connectivity index (χ1) is 36.7. The quantitative estimate of drug-likeness (QED) is 0.0123. The van der Waals surface area contributed by atoms with Gasteiger partial charge in [-0.2, -0.15) is 10.2 Å². The summed E-state index contributed by atoms with van der Waals surface area (Å²) in [5.74, 6) is -6.97. The van der Waals surface area contributed by atoms with Crippen LogP contribution in [0.1, 0.15) is 45.7 Å². The molecule has 82 heavy (non-hydrogen) atoms. The molecular weight excluding hydrogens is 1150 g/mol. The molecule has 8 N–H and O–H groups in total. The monoisotopic (exact) mass is 1190 g/mol. The zero-order valence-corrected chi connectivity index (χ0v) is 54.4. The van der Waals surface area contributed by atoms with E-state index in [0.29, 0.717) is 22.3 Å². The number of ketones is 2. The van der Waals surface area contributed by atoms with Crippen LogP contribution in [0, 0.1) is 13.8 Å². The molecular formula is C50H40N10Na4O16S2. The van der Waals surface area contributed by atoms with Crippen molar-refractivity contribution in [2.75, 3.05) is 42.8 Å². The van der Waals surface area contributed by atoms with Gasteiger partial charge in [0.05, 0.1) is 33.1 Å². The number of rotatable bonds is 19. The van der Waals surface area contributed by atoms with Crippen molar-refractivity contribution in [3.8, 4) is 11.1 Å². The number of carbonyl (C=O) groups excluding carboxylic acids is 8. The molecule has 0 saturated carbocycles. The van der Waals surface area contributed by atoms with E-state index in [2.05, 4.69) is 53.0 Å². The first kappa shape index (κ1) is 71.9. The predicted molar refractivity (Wildman–Crippen MR) is 278 cm³/mol. The van der Waals surface area contributed by atoms with Crippen molar-refractivity contribution in [1.82, 2.24) is 0 Å². The molecule has 32 heteroatoms. The Balaban J connectivity index is 0.00000574. The number of urea groups is 2. The summed E-state index contributed by atoms with van der Waals surface area (Å²) in [7, 11) is -9.44. The van der Waals surface area contributed by atoms with Crippen molar-refractivity contribution < 1.29 is 193 Å². The fourth-order valence-electron chi connectivity index (χ4n) is 6.91. The largest absolute Gasteiger partial charge is 1.00 e. The van der Waals surface area contributed by atoms with Crippen molar-refractivity contribution >= 4 is 125 Å². The number of anilines is 8. The van der Waals surface area contributed by atoms with E-state index < -0.39 is 100.0 Å². The van der Waals surface area contributed by atoms with Crippen LogP contribution >= 0.6 is 0 Å². The topological polar surface area (TPSA) is 418 Å². The standard InChI is InChI=1S/C50H44N10O16S2.4Na/c1-25-21-29(5-17-39(25)55-45(63)43(27(3)61)59-57-41-19-11-33(23-37(41)47(65)66)53-49(69)51-31-7-13-35(14-8-31)77(71,72)73)30-6-18-40(26(2)22-30)56-46(64)44(28(4)62)60-58-42-20-12-34(24-38(42)48(67)68)54-50(70)52-32-9-15-36(16-10-32)78(74,75)76;;;;/h5-24,57-58H,1-4H3,(H,55,63)(H,56,64)(H,65,66)(H,67,68)(H2,51,53,69)(H2,52,54,70)(H,71,72,73)(H,74,75,76);;;;/q;4*+1/p-4. The second kappa shape index (κ2) is 31.5. The Morgan fingerprint density at radius 1 is 0.402 bits per heavy atom. The van der Waals surface area contributed by atoms with Gasteiger partial charge in [-0.3, -0.25) is 30.0 Å². The summed E-state index contributed by atoms with van der Waals surface area (Å²) < 4.78 is 67.0. The molecule has 6 rings (SSSR count). The molecule has 0 aliphatic heterocycles. The van der Waals surface area contributed by atoms with Gasteiger partial charge in [-0.1, -0.05) is 12.1 Å². The number of carboxylic acids is 2. The van der Waals surface area contributed by atoms with Gasteiger partial charge in [-0.15, -0.1) is 0 Å². The molecule has 0 heterocycles. The molecule has 26 nitrogen and oxygen atoms in total. The van der Waals surface area contributed by atoms with Gasteiger partial charge in [0, 0.05) is 59.1 Å². The smallest absolute Gasteiger partial charge is 0.744 e. The number of hydrogen-bond donors (Lipinski definition) is 8. The van der Waals surface area contributed by atoms with Crippen molar-refractivity contribution in [1.29, 1.82) is 0 Å². The molecule has 0 atom stereocenters. The van der Waals surface area contributed by atoms with Crippen LogP contribution in [-0.4, -0.2) is 84.7 Å². The average molecular weight is 1190 g/mol. The van der Waals surface area contributed by atoms with E-state index in [1.807, 2.05) is 0 Å². The van der Waals surface area contributed by atoms with E-state index in [-0.39, 0.29) is 164 Å². The fraction of sp³-hybridized carbons (Fsp3) is 0.0800. The van der Waals surface area contributed by atoms with Gasteiger partial charge in [-0.25, -0.2) is 26.4 Å². The Hall–Kier alpha value is -6.16. The van der Waals surface area contributed by atoms with Crippen molar-refractivity contribution in [2.24, 2.45) is 10.2 Å². The molecule has 0 aliphatic carbocycles. The molecule has 0 unspecified atom stereocenters. The van der Waals surface area contributed by atoms with Gasteiger partial charge in [0.15, 0.2) is 23.0 Å². The molecule has 0 aliphatic rings. The number of hydrogen-bond acceptors (Lipinski definition) is 20. The molecule has 0 bridgehead atoms. The third-order valence-electron chi connectivity index (χ3n) is 10.8. The van der Waals surface area contributed by atoms with E-state index in [9.17, 15) is 74.5 Å². The Labute approximate surface area is 556 Å². The first-order valence-corrected chi connectivity index (χ1v) is 25.0. The summed E-state index contributed by atoms with van der Waals surface area (Å²) in [5.41, 5.74) is 4.95. The zero-order chi connectivity index (χ0) is 57.2.